The van der Waals surface area contributed by atoms with Crippen molar-refractivity contribution in [1.29, 1.82) is 5.26 Å². The van der Waals surface area contributed by atoms with E-state index in [4.69, 9.17) is 11.0 Å². The third kappa shape index (κ3) is 2.78. The first-order chi connectivity index (χ1) is 8.54. The van der Waals surface area contributed by atoms with Crippen LogP contribution in [0.4, 0.5) is 8.78 Å². The number of nitrogens with two attached hydrogens (primary N) is 1. The Balaban J connectivity index is 3.39. The normalized spacial score (nSPS) is 10.2. The van der Waals surface area contributed by atoms with Gasteiger partial charge in [0.1, 0.15) is 11.8 Å². The van der Waals surface area contributed by atoms with Crippen LogP contribution in [0.1, 0.15) is 40.7 Å². The first-order valence-corrected chi connectivity index (χ1v) is 5.14. The van der Waals surface area contributed by atoms with Gasteiger partial charge in [-0.3, -0.25) is 0 Å². The first-order valence-electron chi connectivity index (χ1n) is 5.14. The molecule has 0 aliphatic carbocycles. The molecule has 0 atom stereocenters. The Morgan fingerprint density at radius 3 is 2.78 bits per heavy atom. The van der Waals surface area contributed by atoms with Crippen molar-refractivity contribution in [2.24, 2.45) is 5.73 Å². The van der Waals surface area contributed by atoms with E-state index in [0.717, 1.165) is 6.07 Å². The molecule has 18 heavy (non-hydrogen) atoms. The lowest BCUT2D eigenvalue weighted by molar-refractivity contribution is 0.0507. The van der Waals surface area contributed by atoms with E-state index >= 15 is 0 Å². The highest BCUT2D eigenvalue weighted by molar-refractivity contribution is 5.89. The van der Waals surface area contributed by atoms with Gasteiger partial charge in [-0.05, 0) is 13.0 Å². The summed E-state index contributed by atoms with van der Waals surface area (Å²) in [5, 5.41) is 8.81. The maximum atomic E-state index is 12.8. The summed E-state index contributed by atoms with van der Waals surface area (Å²) in [4.78, 5) is 15.1. The molecule has 0 fully saturated rings. The summed E-state index contributed by atoms with van der Waals surface area (Å²) < 4.78 is 30.2. The molecule has 2 N–H and O–H groups in total. The van der Waals surface area contributed by atoms with Crippen molar-refractivity contribution in [3.05, 3.63) is 28.6 Å². The molecule has 7 heteroatoms. The lowest BCUT2D eigenvalue weighted by atomic mass is 10.1. The zero-order valence-corrected chi connectivity index (χ0v) is 9.61. The third-order valence-corrected chi connectivity index (χ3v) is 2.16. The Bertz CT molecular complexity index is 498. The quantitative estimate of drug-likeness (QED) is 0.824. The standard InChI is InChI=1S/C11H11F2N3O2/c1-2-18-11(17)9-7(10(12)13)3-6(4-14)8(5-15)16-9/h3,10H,2,4,14H2,1H3. The molecule has 5 nitrogen and oxygen atoms in total. The van der Waals surface area contributed by atoms with E-state index in [2.05, 4.69) is 9.72 Å². The maximum Gasteiger partial charge on any atom is 0.357 e. The number of alkyl halides is 2. The average Bonchev–Trinajstić information content (AvgIpc) is 2.37. The van der Waals surface area contributed by atoms with Gasteiger partial charge in [-0.15, -0.1) is 0 Å². The third-order valence-electron chi connectivity index (χ3n) is 2.16. The molecule has 0 saturated carbocycles. The minimum Gasteiger partial charge on any atom is -0.461 e. The summed E-state index contributed by atoms with van der Waals surface area (Å²) in [6, 6.07) is 2.72. The fourth-order valence-electron chi connectivity index (χ4n) is 1.35. The Labute approximate surface area is 102 Å². The largest absolute Gasteiger partial charge is 0.461 e. The molecule has 0 spiro atoms. The number of esters is 1. The number of nitrogens with zero attached hydrogens (tertiary/aromatic N) is 2. The van der Waals surface area contributed by atoms with Crippen LogP contribution >= 0.6 is 0 Å². The summed E-state index contributed by atoms with van der Waals surface area (Å²) in [5.74, 6) is -0.979. The average molecular weight is 255 g/mol. The lowest BCUT2D eigenvalue weighted by Gasteiger charge is -2.10. The second-order valence-electron chi connectivity index (χ2n) is 3.27. The maximum absolute atomic E-state index is 12.8. The van der Waals surface area contributed by atoms with Gasteiger partial charge in [-0.25, -0.2) is 18.6 Å². The van der Waals surface area contributed by atoms with E-state index in [1.807, 2.05) is 0 Å². The summed E-state index contributed by atoms with van der Waals surface area (Å²) in [5.41, 5.74) is 4.23. The Morgan fingerprint density at radius 1 is 1.67 bits per heavy atom. The molecule has 96 valence electrons. The highest BCUT2D eigenvalue weighted by atomic mass is 19.3. The number of aromatic nitrogens is 1. The van der Waals surface area contributed by atoms with Crippen LogP contribution in [0.5, 0.6) is 0 Å². The second-order valence-corrected chi connectivity index (χ2v) is 3.27. The number of hydrogen-bond donors (Lipinski definition) is 1. The molecule has 1 rings (SSSR count). The minimum absolute atomic E-state index is 0.0315. The van der Waals surface area contributed by atoms with E-state index in [1.165, 1.54) is 0 Å². The van der Waals surface area contributed by atoms with Gasteiger partial charge in [0.05, 0.1) is 12.2 Å². The number of carbonyl (C=O) groups excluding carboxylic acids is 1. The lowest BCUT2D eigenvalue weighted by Crippen LogP contribution is -2.14. The predicted molar refractivity (Wildman–Crippen MR) is 57.8 cm³/mol. The fraction of sp³-hybridized carbons (Fsp3) is 0.364. The molecule has 1 heterocycles. The van der Waals surface area contributed by atoms with Crippen LogP contribution in [0.15, 0.2) is 6.07 Å². The van der Waals surface area contributed by atoms with Crippen LogP contribution in [0.25, 0.3) is 0 Å². The monoisotopic (exact) mass is 255 g/mol. The topological polar surface area (TPSA) is 89.0 Å². The highest BCUT2D eigenvalue weighted by Gasteiger charge is 2.23. The summed E-state index contributed by atoms with van der Waals surface area (Å²) >= 11 is 0. The molecule has 0 unspecified atom stereocenters. The van der Waals surface area contributed by atoms with Crippen LogP contribution in [-0.2, 0) is 11.3 Å². The number of carbonyl (C=O) groups is 1. The number of rotatable bonds is 4. The Kier molecular flexibility index (Phi) is 4.68. The molecule has 0 aliphatic rings. The van der Waals surface area contributed by atoms with Crippen molar-refractivity contribution in [2.75, 3.05) is 6.61 Å². The van der Waals surface area contributed by atoms with Gasteiger partial charge in [0, 0.05) is 12.1 Å². The SMILES string of the molecule is CCOC(=O)c1nc(C#N)c(CN)cc1C(F)F. The minimum atomic E-state index is -2.89. The van der Waals surface area contributed by atoms with Gasteiger partial charge in [0.15, 0.2) is 5.69 Å². The van der Waals surface area contributed by atoms with E-state index in [-0.39, 0.29) is 24.4 Å². The number of halogens is 2. The Morgan fingerprint density at radius 2 is 2.33 bits per heavy atom. The van der Waals surface area contributed by atoms with Crippen molar-refractivity contribution in [3.8, 4) is 6.07 Å². The van der Waals surface area contributed by atoms with Crippen LogP contribution < -0.4 is 5.73 Å². The van der Waals surface area contributed by atoms with Crippen molar-refractivity contribution in [2.45, 2.75) is 19.9 Å². The summed E-state index contributed by atoms with van der Waals surface area (Å²) in [6.07, 6.45) is -2.89. The number of nitriles is 1. The zero-order valence-electron chi connectivity index (χ0n) is 9.61. The van der Waals surface area contributed by atoms with E-state index in [0.29, 0.717) is 0 Å². The zero-order chi connectivity index (χ0) is 13.7. The number of pyridine rings is 1. The number of hydrogen-bond acceptors (Lipinski definition) is 5. The van der Waals surface area contributed by atoms with E-state index in [9.17, 15) is 13.6 Å². The van der Waals surface area contributed by atoms with Gasteiger partial charge in [-0.1, -0.05) is 0 Å². The van der Waals surface area contributed by atoms with Gasteiger partial charge in [0.25, 0.3) is 6.43 Å². The highest BCUT2D eigenvalue weighted by Crippen LogP contribution is 2.24. The smallest absolute Gasteiger partial charge is 0.357 e. The van der Waals surface area contributed by atoms with Gasteiger partial charge >= 0.3 is 5.97 Å². The molecule has 1 aromatic rings. The van der Waals surface area contributed by atoms with Gasteiger partial charge in [-0.2, -0.15) is 5.26 Å². The molecular formula is C11H11F2N3O2. The molecule has 0 bridgehead atoms. The molecule has 0 aromatic carbocycles. The molecule has 0 saturated heterocycles. The molecule has 0 amide bonds. The Hall–Kier alpha value is -2.07. The number of ether oxygens (including phenoxy) is 1. The van der Waals surface area contributed by atoms with Crippen molar-refractivity contribution in [3.63, 3.8) is 0 Å². The van der Waals surface area contributed by atoms with Crippen molar-refractivity contribution >= 4 is 5.97 Å². The summed E-state index contributed by atoms with van der Waals surface area (Å²) in [7, 11) is 0. The van der Waals surface area contributed by atoms with Crippen LogP contribution in [0.3, 0.4) is 0 Å². The van der Waals surface area contributed by atoms with Crippen molar-refractivity contribution in [1.82, 2.24) is 4.98 Å². The second kappa shape index (κ2) is 6.02. The molecule has 0 radical (unpaired) electrons. The van der Waals surface area contributed by atoms with Crippen LogP contribution in [0.2, 0.25) is 0 Å². The predicted octanol–water partition coefficient (Wildman–Crippen LogP) is 1.53. The van der Waals surface area contributed by atoms with E-state index < -0.39 is 23.7 Å². The first kappa shape index (κ1) is 14.0. The van der Waals surface area contributed by atoms with E-state index in [1.54, 1.807) is 13.0 Å². The fourth-order valence-corrected chi connectivity index (χ4v) is 1.35. The van der Waals surface area contributed by atoms with Gasteiger partial charge in [0.2, 0.25) is 0 Å². The van der Waals surface area contributed by atoms with Gasteiger partial charge < -0.3 is 10.5 Å². The molecule has 0 aliphatic heterocycles. The van der Waals surface area contributed by atoms with Crippen LogP contribution in [0, 0.1) is 11.3 Å². The van der Waals surface area contributed by atoms with Crippen LogP contribution in [-0.4, -0.2) is 17.6 Å². The van der Waals surface area contributed by atoms with Crippen molar-refractivity contribution < 1.29 is 18.3 Å². The summed E-state index contributed by atoms with van der Waals surface area (Å²) in [6.45, 7) is 1.46. The molecule has 1 aromatic heterocycles. The molecular weight excluding hydrogens is 244 g/mol.